The van der Waals surface area contributed by atoms with E-state index >= 15 is 0 Å². The third kappa shape index (κ3) is 1.69. The zero-order valence-electron chi connectivity index (χ0n) is 7.35. The average molecular weight is 232 g/mol. The first-order chi connectivity index (χ1) is 7.40. The molecule has 1 rings (SSSR count). The topological polar surface area (TPSA) is 103 Å². The molecule has 84 valence electrons. The summed E-state index contributed by atoms with van der Waals surface area (Å²) in [6.07, 6.45) is -0.172. The van der Waals surface area contributed by atoms with Crippen molar-refractivity contribution in [2.45, 2.75) is 0 Å². The summed E-state index contributed by atoms with van der Waals surface area (Å²) >= 11 is 0. The minimum atomic E-state index is -1.92. The molecule has 9 heteroatoms. The molecule has 0 heterocycles. The Labute approximate surface area is 85.6 Å². The predicted octanol–water partition coefficient (Wildman–Crippen LogP) is 1.59. The summed E-state index contributed by atoms with van der Waals surface area (Å²) in [7, 11) is 0. The Morgan fingerprint density at radius 2 is 1.69 bits per heavy atom. The second-order valence-corrected chi connectivity index (χ2v) is 2.59. The molecule has 7 nitrogen and oxygen atoms in total. The van der Waals surface area contributed by atoms with Crippen molar-refractivity contribution in [3.05, 3.63) is 43.5 Å². The van der Waals surface area contributed by atoms with E-state index in [0.29, 0.717) is 6.07 Å². The predicted molar refractivity (Wildman–Crippen MR) is 45.1 cm³/mol. The minimum Gasteiger partial charge on any atom is -0.298 e. The van der Waals surface area contributed by atoms with E-state index in [0.717, 1.165) is 0 Å². The van der Waals surface area contributed by atoms with Gasteiger partial charge in [-0.2, -0.15) is 8.78 Å². The fourth-order valence-electron chi connectivity index (χ4n) is 1.01. The van der Waals surface area contributed by atoms with E-state index in [9.17, 15) is 33.8 Å². The van der Waals surface area contributed by atoms with E-state index in [1.54, 1.807) is 0 Å². The highest BCUT2D eigenvalue weighted by Gasteiger charge is 2.32. The molecule has 0 spiro atoms. The van der Waals surface area contributed by atoms with Crippen molar-refractivity contribution in [1.82, 2.24) is 0 Å². The number of halogens is 2. The third-order valence-corrected chi connectivity index (χ3v) is 1.69. The van der Waals surface area contributed by atoms with Gasteiger partial charge in [-0.25, -0.2) is 0 Å². The first kappa shape index (κ1) is 11.6. The number of carbonyl (C=O) groups is 1. The van der Waals surface area contributed by atoms with E-state index in [-0.39, 0.29) is 6.29 Å². The van der Waals surface area contributed by atoms with Gasteiger partial charge in [-0.15, -0.1) is 0 Å². The summed E-state index contributed by atoms with van der Waals surface area (Å²) in [5.74, 6) is -3.65. The first-order valence-electron chi connectivity index (χ1n) is 3.66. The highest BCUT2D eigenvalue weighted by Crippen LogP contribution is 2.31. The van der Waals surface area contributed by atoms with Gasteiger partial charge in [-0.05, 0) is 0 Å². The van der Waals surface area contributed by atoms with Crippen molar-refractivity contribution in [3.8, 4) is 0 Å². The van der Waals surface area contributed by atoms with Gasteiger partial charge in [0.05, 0.1) is 15.4 Å². The van der Waals surface area contributed by atoms with Gasteiger partial charge in [0.25, 0.3) is 5.82 Å². The largest absolute Gasteiger partial charge is 0.348 e. The van der Waals surface area contributed by atoms with Gasteiger partial charge >= 0.3 is 11.4 Å². The third-order valence-electron chi connectivity index (χ3n) is 1.69. The number of hydrogen-bond acceptors (Lipinski definition) is 5. The van der Waals surface area contributed by atoms with E-state index in [1.165, 1.54) is 0 Å². The lowest BCUT2D eigenvalue weighted by molar-refractivity contribution is -0.401. The normalized spacial score (nSPS) is 9.88. The molecule has 0 aliphatic rings. The van der Waals surface area contributed by atoms with Crippen LogP contribution in [0.25, 0.3) is 0 Å². The Morgan fingerprint density at radius 3 is 2.06 bits per heavy atom. The fourth-order valence-corrected chi connectivity index (χ4v) is 1.01. The smallest absolute Gasteiger partial charge is 0.298 e. The molecule has 0 bridgehead atoms. The Kier molecular flexibility index (Phi) is 2.88. The average Bonchev–Trinajstić information content (AvgIpc) is 2.16. The van der Waals surface area contributed by atoms with Crippen LogP contribution in [-0.2, 0) is 0 Å². The maximum Gasteiger partial charge on any atom is 0.348 e. The highest BCUT2D eigenvalue weighted by atomic mass is 19.1. The monoisotopic (exact) mass is 232 g/mol. The van der Waals surface area contributed by atoms with Gasteiger partial charge in [-0.1, -0.05) is 0 Å². The van der Waals surface area contributed by atoms with Crippen LogP contribution in [-0.4, -0.2) is 16.1 Å². The van der Waals surface area contributed by atoms with Crippen LogP contribution in [0.5, 0.6) is 0 Å². The Balaban J connectivity index is 3.71. The molecule has 0 saturated carbocycles. The van der Waals surface area contributed by atoms with Crippen LogP contribution < -0.4 is 0 Å². The van der Waals surface area contributed by atoms with Crippen molar-refractivity contribution in [2.75, 3.05) is 0 Å². The SMILES string of the molecule is O=Cc1cc([N+](=O)[O-])c(F)c([N+](=O)[O-])c1F. The van der Waals surface area contributed by atoms with Gasteiger partial charge in [0.1, 0.15) is 0 Å². The Bertz CT molecular complexity index is 502. The number of nitro groups is 2. The Hall–Kier alpha value is -2.45. The molecule has 0 radical (unpaired) electrons. The number of carbonyl (C=O) groups excluding carboxylic acids is 1. The number of nitrogens with zero attached hydrogens (tertiary/aromatic N) is 2. The van der Waals surface area contributed by atoms with Crippen molar-refractivity contribution in [3.63, 3.8) is 0 Å². The number of hydrogen-bond donors (Lipinski definition) is 0. The summed E-state index contributed by atoms with van der Waals surface area (Å²) in [6, 6.07) is 0.296. The van der Waals surface area contributed by atoms with Gasteiger partial charge < -0.3 is 0 Å². The lowest BCUT2D eigenvalue weighted by Crippen LogP contribution is -2.04. The molecular formula is C7H2F2N2O5. The molecule has 1 aromatic rings. The molecule has 0 aliphatic heterocycles. The number of benzene rings is 1. The summed E-state index contributed by atoms with van der Waals surface area (Å²) < 4.78 is 26.2. The van der Waals surface area contributed by atoms with Crippen LogP contribution in [0.4, 0.5) is 20.2 Å². The van der Waals surface area contributed by atoms with E-state index < -0.39 is 38.4 Å². The summed E-state index contributed by atoms with van der Waals surface area (Å²) in [5.41, 5.74) is -3.98. The van der Waals surface area contributed by atoms with Gasteiger partial charge in [-0.3, -0.25) is 25.0 Å². The zero-order chi connectivity index (χ0) is 12.5. The van der Waals surface area contributed by atoms with Crippen LogP contribution in [0.2, 0.25) is 0 Å². The molecular weight excluding hydrogens is 230 g/mol. The summed E-state index contributed by atoms with van der Waals surface area (Å²) in [6.45, 7) is 0. The fraction of sp³-hybridized carbons (Fsp3) is 0. The van der Waals surface area contributed by atoms with Crippen molar-refractivity contribution in [2.24, 2.45) is 0 Å². The molecule has 0 aromatic heterocycles. The highest BCUT2D eigenvalue weighted by molar-refractivity contribution is 5.78. The van der Waals surface area contributed by atoms with E-state index in [2.05, 4.69) is 0 Å². The molecule has 0 amide bonds. The standard InChI is InChI=1S/C7H2F2N2O5/c8-5-3(2-12)1-4(10(13)14)6(9)7(5)11(15)16/h1-2H. The second kappa shape index (κ2) is 3.96. The zero-order valence-corrected chi connectivity index (χ0v) is 7.35. The first-order valence-corrected chi connectivity index (χ1v) is 3.66. The quantitative estimate of drug-likeness (QED) is 0.447. The maximum atomic E-state index is 13.1. The number of aldehydes is 1. The second-order valence-electron chi connectivity index (χ2n) is 2.59. The molecule has 0 aliphatic carbocycles. The molecule has 0 fully saturated rings. The molecule has 1 aromatic carbocycles. The van der Waals surface area contributed by atoms with Crippen LogP contribution in [0.15, 0.2) is 6.07 Å². The van der Waals surface area contributed by atoms with Crippen LogP contribution in [0.1, 0.15) is 10.4 Å². The number of nitro benzene ring substituents is 2. The van der Waals surface area contributed by atoms with Crippen molar-refractivity contribution >= 4 is 17.7 Å². The van der Waals surface area contributed by atoms with E-state index in [1.807, 2.05) is 0 Å². The van der Waals surface area contributed by atoms with Gasteiger partial charge in [0.15, 0.2) is 6.29 Å². The van der Waals surface area contributed by atoms with Gasteiger partial charge in [0.2, 0.25) is 5.82 Å². The summed E-state index contributed by atoms with van der Waals surface area (Å²) in [4.78, 5) is 28.1. The van der Waals surface area contributed by atoms with Crippen LogP contribution >= 0.6 is 0 Å². The van der Waals surface area contributed by atoms with Gasteiger partial charge in [0, 0.05) is 6.07 Å². The van der Waals surface area contributed by atoms with E-state index in [4.69, 9.17) is 0 Å². The Morgan fingerprint density at radius 1 is 1.12 bits per heavy atom. The molecule has 0 saturated heterocycles. The van der Waals surface area contributed by atoms with Crippen molar-refractivity contribution < 1.29 is 23.4 Å². The lowest BCUT2D eigenvalue weighted by atomic mass is 10.1. The summed E-state index contributed by atoms with van der Waals surface area (Å²) in [5, 5.41) is 20.6. The molecule has 0 atom stereocenters. The number of rotatable bonds is 3. The maximum absolute atomic E-state index is 13.1. The molecule has 0 unspecified atom stereocenters. The minimum absolute atomic E-state index is 0.172. The molecule has 0 N–H and O–H groups in total. The van der Waals surface area contributed by atoms with Crippen LogP contribution in [0, 0.1) is 31.9 Å². The lowest BCUT2D eigenvalue weighted by Gasteiger charge is -1.99. The van der Waals surface area contributed by atoms with Crippen molar-refractivity contribution in [1.29, 1.82) is 0 Å². The molecule has 16 heavy (non-hydrogen) atoms. The van der Waals surface area contributed by atoms with Crippen LogP contribution in [0.3, 0.4) is 0 Å².